The first-order chi connectivity index (χ1) is 15.9. The maximum absolute atomic E-state index is 13.4. The first kappa shape index (κ1) is 24.0. The Morgan fingerprint density at radius 3 is 2.06 bits per heavy atom. The second kappa shape index (κ2) is 10.8. The maximum atomic E-state index is 13.4. The Balaban J connectivity index is 1.48. The van der Waals surface area contributed by atoms with E-state index in [1.165, 1.54) is 11.1 Å². The van der Waals surface area contributed by atoms with E-state index < -0.39 is 0 Å². The van der Waals surface area contributed by atoms with Gasteiger partial charge in [0.25, 0.3) is 0 Å². The molecule has 0 bridgehead atoms. The summed E-state index contributed by atoms with van der Waals surface area (Å²) in [5, 5.41) is 3.42. The molecule has 2 aromatic carbocycles. The fourth-order valence-electron chi connectivity index (χ4n) is 5.53. The van der Waals surface area contributed by atoms with Crippen molar-refractivity contribution < 1.29 is 4.79 Å². The molecule has 0 unspecified atom stereocenters. The van der Waals surface area contributed by atoms with E-state index in [9.17, 15) is 4.79 Å². The van der Waals surface area contributed by atoms with Crippen LogP contribution in [-0.4, -0.2) is 61.0 Å². The molecule has 4 nitrogen and oxygen atoms in total. The number of nitrogens with zero attached hydrogens (tertiary/aromatic N) is 2. The smallest absolute Gasteiger partial charge is 0.223 e. The molecular weight excluding hydrogens is 406 g/mol. The van der Waals surface area contributed by atoms with Crippen molar-refractivity contribution in [3.05, 3.63) is 71.8 Å². The van der Waals surface area contributed by atoms with E-state index in [-0.39, 0.29) is 11.5 Å². The predicted octanol–water partition coefficient (Wildman–Crippen LogP) is 4.77. The molecule has 4 heteroatoms. The Hall–Kier alpha value is -2.17. The van der Waals surface area contributed by atoms with Gasteiger partial charge in [0.15, 0.2) is 0 Å². The Morgan fingerprint density at radius 1 is 0.939 bits per heavy atom. The van der Waals surface area contributed by atoms with Gasteiger partial charge in [0.1, 0.15) is 0 Å². The highest BCUT2D eigenvalue weighted by Crippen LogP contribution is 2.32. The van der Waals surface area contributed by atoms with Crippen molar-refractivity contribution in [2.24, 2.45) is 11.3 Å². The molecule has 0 saturated carbocycles. The molecule has 1 atom stereocenters. The van der Waals surface area contributed by atoms with Crippen LogP contribution in [0.25, 0.3) is 0 Å². The van der Waals surface area contributed by atoms with Crippen molar-refractivity contribution in [2.45, 2.75) is 52.0 Å². The van der Waals surface area contributed by atoms with Gasteiger partial charge in [0.05, 0.1) is 0 Å². The highest BCUT2D eigenvalue weighted by Gasteiger charge is 2.38. The van der Waals surface area contributed by atoms with Crippen LogP contribution in [-0.2, 0) is 4.79 Å². The zero-order valence-electron chi connectivity index (χ0n) is 20.7. The van der Waals surface area contributed by atoms with Gasteiger partial charge in [0.2, 0.25) is 5.91 Å². The molecule has 2 aliphatic rings. The van der Waals surface area contributed by atoms with Gasteiger partial charge in [0, 0.05) is 44.6 Å². The first-order valence-electron chi connectivity index (χ1n) is 12.7. The summed E-state index contributed by atoms with van der Waals surface area (Å²) in [5.41, 5.74) is 2.78. The number of nitrogens with one attached hydrogen (secondary N) is 1. The largest absolute Gasteiger partial charge is 0.337 e. The molecule has 0 aromatic heterocycles. The fourth-order valence-corrected chi connectivity index (χ4v) is 5.53. The molecule has 2 fully saturated rings. The molecule has 0 radical (unpaired) electrons. The number of benzene rings is 2. The van der Waals surface area contributed by atoms with Gasteiger partial charge >= 0.3 is 0 Å². The quantitative estimate of drug-likeness (QED) is 0.693. The van der Waals surface area contributed by atoms with Gasteiger partial charge in [-0.25, -0.2) is 0 Å². The number of hydrogen-bond donors (Lipinski definition) is 1. The monoisotopic (exact) mass is 447 g/mol. The van der Waals surface area contributed by atoms with Gasteiger partial charge in [-0.3, -0.25) is 9.69 Å². The Bertz CT molecular complexity index is 831. The van der Waals surface area contributed by atoms with E-state index in [2.05, 4.69) is 96.6 Å². The minimum absolute atomic E-state index is 0.0530. The summed E-state index contributed by atoms with van der Waals surface area (Å²) in [6.07, 6.45) is 2.97. The molecule has 2 saturated heterocycles. The summed E-state index contributed by atoms with van der Waals surface area (Å²) < 4.78 is 0. The second-order valence-electron chi connectivity index (χ2n) is 11.0. The summed E-state index contributed by atoms with van der Waals surface area (Å²) in [6, 6.07) is 22.0. The molecule has 4 rings (SSSR count). The topological polar surface area (TPSA) is 35.6 Å². The standard InChI is InChI=1S/C29H41N3O/c1-29(2,3)27-22-31(18-19-32(27)28(33)20-23-14-16-30-17-15-23)21-26(24-10-6-4-7-11-24)25-12-8-5-9-13-25/h4-13,23,26-27,30H,14-22H2,1-3H3/t27-/m1/s1. The van der Waals surface area contributed by atoms with Gasteiger partial charge in [-0.15, -0.1) is 0 Å². The molecular formula is C29H41N3O. The summed E-state index contributed by atoms with van der Waals surface area (Å²) in [4.78, 5) is 18.2. The van der Waals surface area contributed by atoms with Gasteiger partial charge in [-0.05, 0) is 48.4 Å². The first-order valence-corrected chi connectivity index (χ1v) is 12.7. The fraction of sp³-hybridized carbons (Fsp3) is 0.552. The summed E-state index contributed by atoms with van der Waals surface area (Å²) >= 11 is 0. The molecule has 2 aromatic rings. The normalized spacial score (nSPS) is 20.8. The van der Waals surface area contributed by atoms with Crippen molar-refractivity contribution >= 4 is 5.91 Å². The van der Waals surface area contributed by atoms with Crippen LogP contribution in [0.2, 0.25) is 0 Å². The van der Waals surface area contributed by atoms with Crippen LogP contribution in [0.1, 0.15) is 57.1 Å². The Labute approximate surface area is 200 Å². The molecule has 2 heterocycles. The number of carbonyl (C=O) groups is 1. The van der Waals surface area contributed by atoms with Crippen molar-refractivity contribution in [3.8, 4) is 0 Å². The Kier molecular flexibility index (Phi) is 7.87. The van der Waals surface area contributed by atoms with Gasteiger partial charge in [-0.2, -0.15) is 0 Å². The van der Waals surface area contributed by atoms with Crippen molar-refractivity contribution in [1.29, 1.82) is 0 Å². The second-order valence-corrected chi connectivity index (χ2v) is 11.0. The van der Waals surface area contributed by atoms with E-state index in [4.69, 9.17) is 0 Å². The Morgan fingerprint density at radius 2 is 1.52 bits per heavy atom. The van der Waals surface area contributed by atoms with Gasteiger partial charge < -0.3 is 10.2 Å². The predicted molar refractivity (Wildman–Crippen MR) is 136 cm³/mol. The molecule has 0 spiro atoms. The molecule has 1 amide bonds. The number of piperidine rings is 1. The van der Waals surface area contributed by atoms with E-state index in [1.807, 2.05) is 0 Å². The third kappa shape index (κ3) is 6.24. The van der Waals surface area contributed by atoms with E-state index >= 15 is 0 Å². The molecule has 1 N–H and O–H groups in total. The number of rotatable bonds is 6. The van der Waals surface area contributed by atoms with Crippen molar-refractivity contribution in [3.63, 3.8) is 0 Å². The van der Waals surface area contributed by atoms with Crippen molar-refractivity contribution in [1.82, 2.24) is 15.1 Å². The lowest BCUT2D eigenvalue weighted by molar-refractivity contribution is -0.140. The number of piperazine rings is 1. The van der Waals surface area contributed by atoms with Crippen LogP contribution in [0.3, 0.4) is 0 Å². The van der Waals surface area contributed by atoms with Crippen LogP contribution in [0.4, 0.5) is 0 Å². The van der Waals surface area contributed by atoms with Crippen LogP contribution in [0.5, 0.6) is 0 Å². The third-order valence-electron chi connectivity index (χ3n) is 7.55. The lowest BCUT2D eigenvalue weighted by Gasteiger charge is -2.48. The average Bonchev–Trinajstić information content (AvgIpc) is 2.83. The lowest BCUT2D eigenvalue weighted by atomic mass is 9.82. The van der Waals surface area contributed by atoms with Crippen molar-refractivity contribution in [2.75, 3.05) is 39.3 Å². The number of hydrogen-bond acceptors (Lipinski definition) is 3. The zero-order valence-corrected chi connectivity index (χ0v) is 20.7. The number of carbonyl (C=O) groups excluding carboxylic acids is 1. The molecule has 178 valence electrons. The molecule has 0 aliphatic carbocycles. The summed E-state index contributed by atoms with van der Waals surface area (Å²) in [7, 11) is 0. The maximum Gasteiger partial charge on any atom is 0.223 e. The highest BCUT2D eigenvalue weighted by molar-refractivity contribution is 5.77. The van der Waals surface area contributed by atoms with Crippen LogP contribution >= 0.6 is 0 Å². The SMILES string of the molecule is CC(C)(C)[C@H]1CN(CC(c2ccccc2)c2ccccc2)CCN1C(=O)CC1CCNCC1. The molecule has 33 heavy (non-hydrogen) atoms. The van der Waals surface area contributed by atoms with E-state index in [0.29, 0.717) is 24.2 Å². The lowest BCUT2D eigenvalue weighted by Crippen LogP contribution is -2.60. The van der Waals surface area contributed by atoms with Gasteiger partial charge in [-0.1, -0.05) is 81.4 Å². The average molecular weight is 448 g/mol. The summed E-state index contributed by atoms with van der Waals surface area (Å²) in [5.74, 6) is 1.24. The minimum atomic E-state index is 0.0530. The van der Waals surface area contributed by atoms with E-state index in [1.54, 1.807) is 0 Å². The van der Waals surface area contributed by atoms with Crippen LogP contribution in [0, 0.1) is 11.3 Å². The minimum Gasteiger partial charge on any atom is -0.337 e. The van der Waals surface area contributed by atoms with E-state index in [0.717, 1.165) is 52.1 Å². The number of amides is 1. The summed E-state index contributed by atoms with van der Waals surface area (Å²) in [6.45, 7) is 12.7. The molecule has 2 aliphatic heterocycles. The zero-order chi connectivity index (χ0) is 23.3. The highest BCUT2D eigenvalue weighted by atomic mass is 16.2. The third-order valence-corrected chi connectivity index (χ3v) is 7.55. The van der Waals surface area contributed by atoms with Crippen LogP contribution in [0.15, 0.2) is 60.7 Å². The van der Waals surface area contributed by atoms with Crippen LogP contribution < -0.4 is 5.32 Å².